The lowest BCUT2D eigenvalue weighted by molar-refractivity contribution is -0.117. The summed E-state index contributed by atoms with van der Waals surface area (Å²) in [4.78, 5) is 36.3. The van der Waals surface area contributed by atoms with E-state index in [1.54, 1.807) is 19.1 Å². The van der Waals surface area contributed by atoms with Gasteiger partial charge in [0.05, 0.1) is 12.1 Å². The molecule has 0 spiro atoms. The van der Waals surface area contributed by atoms with Crippen LogP contribution in [-0.4, -0.2) is 37.6 Å². The number of carboxylic acids is 1. The van der Waals surface area contributed by atoms with Crippen LogP contribution in [0, 0.1) is 0 Å². The molecule has 1 fully saturated rings. The molecule has 7 nitrogen and oxygen atoms in total. The second-order valence-corrected chi connectivity index (χ2v) is 10.5. The number of hydrogen-bond acceptors (Lipinski definition) is 4. The number of carbonyl (C=O) groups is 2. The van der Waals surface area contributed by atoms with Gasteiger partial charge in [0, 0.05) is 19.4 Å². The van der Waals surface area contributed by atoms with Crippen molar-refractivity contribution in [2.45, 2.75) is 77.8 Å². The van der Waals surface area contributed by atoms with Crippen molar-refractivity contribution in [3.05, 3.63) is 77.6 Å². The van der Waals surface area contributed by atoms with Crippen LogP contribution >= 0.6 is 0 Å². The number of imidazole rings is 1. The topological polar surface area (TPSA) is 88.3 Å². The largest absolute Gasteiger partial charge is 0.478 e. The summed E-state index contributed by atoms with van der Waals surface area (Å²) in [6, 6.07) is 19.2. The fraction of sp³-hybridized carbons (Fsp3) is 0.375. The molecule has 4 aromatic rings. The maximum absolute atomic E-state index is 12.7. The zero-order valence-electron chi connectivity index (χ0n) is 22.8. The van der Waals surface area contributed by atoms with Crippen LogP contribution in [0.3, 0.4) is 0 Å². The fourth-order valence-electron chi connectivity index (χ4n) is 5.70. The van der Waals surface area contributed by atoms with Crippen LogP contribution in [0.4, 0.5) is 5.82 Å². The van der Waals surface area contributed by atoms with Gasteiger partial charge < -0.3 is 9.67 Å². The zero-order chi connectivity index (χ0) is 27.4. The van der Waals surface area contributed by atoms with Crippen molar-refractivity contribution >= 4 is 28.9 Å². The lowest BCUT2D eigenvalue weighted by Crippen LogP contribution is -2.40. The number of carbonyl (C=O) groups excluding carboxylic acids is 1. The van der Waals surface area contributed by atoms with Crippen molar-refractivity contribution in [2.75, 3.05) is 4.90 Å². The average molecular weight is 525 g/mol. The lowest BCUT2D eigenvalue weighted by atomic mass is 9.94. The van der Waals surface area contributed by atoms with E-state index in [1.807, 2.05) is 53.4 Å². The smallest absolute Gasteiger partial charge is 0.336 e. The number of aryl methyl sites for hydroxylation is 1. The normalized spacial score (nSPS) is 14.0. The lowest BCUT2D eigenvalue weighted by Gasteiger charge is -2.32. The number of anilines is 1. The van der Waals surface area contributed by atoms with Crippen LogP contribution in [0.15, 0.2) is 60.7 Å². The monoisotopic (exact) mass is 524 g/mol. The van der Waals surface area contributed by atoms with E-state index in [4.69, 9.17) is 9.97 Å². The second kappa shape index (κ2) is 11.8. The molecule has 0 bridgehead atoms. The Morgan fingerprint density at radius 1 is 0.974 bits per heavy atom. The number of aromatic carboxylic acids is 1. The van der Waals surface area contributed by atoms with E-state index < -0.39 is 5.97 Å². The predicted molar refractivity (Wildman–Crippen MR) is 154 cm³/mol. The third-order valence-electron chi connectivity index (χ3n) is 7.70. The molecule has 1 saturated carbocycles. The summed E-state index contributed by atoms with van der Waals surface area (Å²) < 4.78 is 2.17. The Hall–Kier alpha value is -4.00. The van der Waals surface area contributed by atoms with Gasteiger partial charge in [0.1, 0.15) is 17.2 Å². The van der Waals surface area contributed by atoms with Gasteiger partial charge in [-0.15, -0.1) is 0 Å². The summed E-state index contributed by atoms with van der Waals surface area (Å²) in [5.74, 6) is 0.785. The number of pyridine rings is 1. The van der Waals surface area contributed by atoms with Crippen molar-refractivity contribution in [1.29, 1.82) is 0 Å². The van der Waals surface area contributed by atoms with Crippen molar-refractivity contribution in [1.82, 2.24) is 14.5 Å². The Morgan fingerprint density at radius 3 is 2.41 bits per heavy atom. The maximum atomic E-state index is 12.7. The molecule has 39 heavy (non-hydrogen) atoms. The van der Waals surface area contributed by atoms with Crippen molar-refractivity contribution in [3.8, 4) is 11.1 Å². The molecule has 1 aliphatic rings. The molecule has 1 aliphatic carbocycles. The molecule has 2 aromatic heterocycles. The predicted octanol–water partition coefficient (Wildman–Crippen LogP) is 6.87. The highest BCUT2D eigenvalue weighted by molar-refractivity contribution is 5.96. The highest BCUT2D eigenvalue weighted by Crippen LogP contribution is 2.29. The molecule has 202 valence electrons. The SMILES string of the molecule is CCCCc1nc2ccc(N(C(C)=O)C3CCCCC3)nc2n1Cc1ccc(-c2ccccc2C(=O)O)cc1. The third-order valence-corrected chi connectivity index (χ3v) is 7.70. The van der Waals surface area contributed by atoms with Crippen LogP contribution in [0.2, 0.25) is 0 Å². The second-order valence-electron chi connectivity index (χ2n) is 10.5. The Labute approximate surface area is 229 Å². The van der Waals surface area contributed by atoms with E-state index in [0.29, 0.717) is 17.9 Å². The van der Waals surface area contributed by atoms with Gasteiger partial charge in [-0.05, 0) is 54.2 Å². The van der Waals surface area contributed by atoms with Crippen molar-refractivity contribution in [2.24, 2.45) is 0 Å². The summed E-state index contributed by atoms with van der Waals surface area (Å²) in [6.45, 7) is 4.40. The summed E-state index contributed by atoms with van der Waals surface area (Å²) in [5.41, 5.74) is 4.56. The summed E-state index contributed by atoms with van der Waals surface area (Å²) in [6.07, 6.45) is 8.48. The van der Waals surface area contributed by atoms with E-state index in [2.05, 4.69) is 11.5 Å². The number of hydrogen-bond donors (Lipinski definition) is 1. The highest BCUT2D eigenvalue weighted by Gasteiger charge is 2.26. The number of unbranched alkanes of at least 4 members (excludes halogenated alkanes) is 1. The summed E-state index contributed by atoms with van der Waals surface area (Å²) >= 11 is 0. The molecule has 1 N–H and O–H groups in total. The molecule has 0 atom stereocenters. The minimum Gasteiger partial charge on any atom is -0.478 e. The number of rotatable bonds is 9. The first-order valence-corrected chi connectivity index (χ1v) is 14.0. The molecule has 1 amide bonds. The number of nitrogens with zero attached hydrogens (tertiary/aromatic N) is 4. The van der Waals surface area contributed by atoms with E-state index in [1.165, 1.54) is 6.42 Å². The number of aromatic nitrogens is 3. The van der Waals surface area contributed by atoms with Gasteiger partial charge in [-0.2, -0.15) is 0 Å². The first-order valence-electron chi connectivity index (χ1n) is 14.0. The Kier molecular flexibility index (Phi) is 8.05. The first kappa shape index (κ1) is 26.6. The minimum absolute atomic E-state index is 0.0308. The summed E-state index contributed by atoms with van der Waals surface area (Å²) in [7, 11) is 0. The Bertz CT molecular complexity index is 1470. The highest BCUT2D eigenvalue weighted by atomic mass is 16.4. The van der Waals surface area contributed by atoms with Crippen LogP contribution in [0.25, 0.3) is 22.3 Å². The zero-order valence-corrected chi connectivity index (χ0v) is 22.8. The fourth-order valence-corrected chi connectivity index (χ4v) is 5.70. The van der Waals surface area contributed by atoms with E-state index in [0.717, 1.165) is 73.1 Å². The Balaban J connectivity index is 1.50. The molecule has 0 radical (unpaired) electrons. The van der Waals surface area contributed by atoms with Gasteiger partial charge in [-0.25, -0.2) is 14.8 Å². The van der Waals surface area contributed by atoms with Crippen LogP contribution < -0.4 is 4.90 Å². The van der Waals surface area contributed by atoms with Crippen LogP contribution in [-0.2, 0) is 17.8 Å². The number of benzene rings is 2. The van der Waals surface area contributed by atoms with Crippen LogP contribution in [0.5, 0.6) is 0 Å². The maximum Gasteiger partial charge on any atom is 0.336 e. The van der Waals surface area contributed by atoms with E-state index in [-0.39, 0.29) is 17.5 Å². The number of carboxylic acid groups (broad SMARTS) is 1. The third kappa shape index (κ3) is 5.72. The molecule has 7 heteroatoms. The van der Waals surface area contributed by atoms with Gasteiger partial charge in [-0.3, -0.25) is 9.69 Å². The molecule has 0 unspecified atom stereocenters. The van der Waals surface area contributed by atoms with Gasteiger partial charge >= 0.3 is 5.97 Å². The summed E-state index contributed by atoms with van der Waals surface area (Å²) in [5, 5.41) is 9.59. The standard InChI is InChI=1S/C32H36N4O3/c1-3-4-14-29-33-28-19-20-30(36(22(2)37)25-10-6-5-7-11-25)34-31(28)35(29)21-23-15-17-24(18-16-23)26-12-8-9-13-27(26)32(38)39/h8-9,12-13,15-20,25H,3-7,10-11,14,21H2,1-2H3,(H,38,39). The number of fused-ring (bicyclic) bond motifs is 1. The van der Waals surface area contributed by atoms with Gasteiger partial charge in [-0.1, -0.05) is 75.1 Å². The molecule has 2 aromatic carbocycles. The average Bonchev–Trinajstić information content (AvgIpc) is 3.29. The van der Waals surface area contributed by atoms with Gasteiger partial charge in [0.25, 0.3) is 0 Å². The van der Waals surface area contributed by atoms with E-state index >= 15 is 0 Å². The minimum atomic E-state index is -0.935. The van der Waals surface area contributed by atoms with E-state index in [9.17, 15) is 14.7 Å². The molecule has 2 heterocycles. The number of amides is 1. The van der Waals surface area contributed by atoms with Crippen molar-refractivity contribution < 1.29 is 14.7 Å². The molecule has 0 saturated heterocycles. The first-order chi connectivity index (χ1) is 19.0. The van der Waals surface area contributed by atoms with Gasteiger partial charge in [0.2, 0.25) is 5.91 Å². The van der Waals surface area contributed by atoms with Gasteiger partial charge in [0.15, 0.2) is 5.65 Å². The van der Waals surface area contributed by atoms with Crippen LogP contribution in [0.1, 0.15) is 80.5 Å². The van der Waals surface area contributed by atoms with Crippen molar-refractivity contribution in [3.63, 3.8) is 0 Å². The molecular formula is C32H36N4O3. The molecule has 0 aliphatic heterocycles. The molecule has 5 rings (SSSR count). The molecular weight excluding hydrogens is 488 g/mol. The quantitative estimate of drug-likeness (QED) is 0.258. The Morgan fingerprint density at radius 2 is 1.72 bits per heavy atom.